The molecular formula is C18H19N3O3. The van der Waals surface area contributed by atoms with Crippen LogP contribution in [-0.2, 0) is 14.4 Å². The maximum atomic E-state index is 12.1. The van der Waals surface area contributed by atoms with Crippen LogP contribution in [0.2, 0.25) is 0 Å². The fourth-order valence-electron chi connectivity index (χ4n) is 2.88. The second-order valence-corrected chi connectivity index (χ2v) is 5.97. The summed E-state index contributed by atoms with van der Waals surface area (Å²) in [6, 6.07) is 13.4. The Morgan fingerprint density at radius 3 is 2.67 bits per heavy atom. The number of anilines is 1. The fraction of sp³-hybridized carbons (Fsp3) is 0.278. The molecule has 1 aliphatic rings. The van der Waals surface area contributed by atoms with Crippen LogP contribution in [0.15, 0.2) is 42.5 Å². The normalized spacial score (nSPS) is 17.1. The monoisotopic (exact) mass is 325 g/mol. The molecule has 2 aromatic carbocycles. The molecule has 0 unspecified atom stereocenters. The molecule has 1 fully saturated rings. The highest BCUT2D eigenvalue weighted by atomic mass is 16.2. The van der Waals surface area contributed by atoms with Gasteiger partial charge in [0.25, 0.3) is 0 Å². The molecule has 124 valence electrons. The second-order valence-electron chi connectivity index (χ2n) is 5.97. The molecule has 6 nitrogen and oxygen atoms in total. The number of likely N-dealkylation sites (tertiary alicyclic amines) is 1. The lowest BCUT2D eigenvalue weighted by Gasteiger charge is -2.12. The van der Waals surface area contributed by atoms with Crippen molar-refractivity contribution in [2.75, 3.05) is 25.5 Å². The van der Waals surface area contributed by atoms with E-state index in [4.69, 9.17) is 0 Å². The maximum Gasteiger partial charge on any atom is 0.243 e. The molecule has 2 aromatic rings. The topological polar surface area (TPSA) is 78.5 Å². The van der Waals surface area contributed by atoms with Crippen molar-refractivity contribution in [1.82, 2.24) is 10.2 Å². The van der Waals surface area contributed by atoms with Gasteiger partial charge in [0.15, 0.2) is 0 Å². The van der Waals surface area contributed by atoms with E-state index in [9.17, 15) is 14.4 Å². The van der Waals surface area contributed by atoms with E-state index in [1.807, 2.05) is 42.5 Å². The van der Waals surface area contributed by atoms with E-state index in [0.29, 0.717) is 12.2 Å². The summed E-state index contributed by atoms with van der Waals surface area (Å²) in [7, 11) is 1.67. The van der Waals surface area contributed by atoms with Crippen molar-refractivity contribution < 1.29 is 14.4 Å². The Morgan fingerprint density at radius 1 is 1.17 bits per heavy atom. The fourth-order valence-corrected chi connectivity index (χ4v) is 2.88. The van der Waals surface area contributed by atoms with Gasteiger partial charge in [-0.3, -0.25) is 14.4 Å². The molecule has 0 aliphatic carbocycles. The van der Waals surface area contributed by atoms with E-state index < -0.39 is 0 Å². The molecule has 1 aliphatic heterocycles. The molecule has 3 amide bonds. The zero-order valence-electron chi connectivity index (χ0n) is 13.4. The molecule has 0 spiro atoms. The number of nitrogens with zero attached hydrogens (tertiary/aromatic N) is 1. The van der Waals surface area contributed by atoms with Gasteiger partial charge in [-0.15, -0.1) is 0 Å². The molecule has 2 N–H and O–H groups in total. The van der Waals surface area contributed by atoms with Gasteiger partial charge in [0.1, 0.15) is 0 Å². The maximum absolute atomic E-state index is 12.1. The molecule has 24 heavy (non-hydrogen) atoms. The highest BCUT2D eigenvalue weighted by Crippen LogP contribution is 2.22. The van der Waals surface area contributed by atoms with E-state index in [0.717, 1.165) is 10.8 Å². The Balaban J connectivity index is 1.58. The highest BCUT2D eigenvalue weighted by molar-refractivity contribution is 6.03. The van der Waals surface area contributed by atoms with Crippen LogP contribution in [0.5, 0.6) is 0 Å². The van der Waals surface area contributed by atoms with Crippen molar-refractivity contribution >= 4 is 34.2 Å². The first-order valence-electron chi connectivity index (χ1n) is 7.84. The van der Waals surface area contributed by atoms with Crippen molar-refractivity contribution in [1.29, 1.82) is 0 Å². The summed E-state index contributed by atoms with van der Waals surface area (Å²) in [4.78, 5) is 37.1. The van der Waals surface area contributed by atoms with E-state index >= 15 is 0 Å². The van der Waals surface area contributed by atoms with Gasteiger partial charge < -0.3 is 15.5 Å². The molecular weight excluding hydrogens is 306 g/mol. The standard InChI is InChI=1S/C18H19N3O3/c1-21-11-13(9-17(21)23)18(24)19-10-16(22)20-15-8-4-6-12-5-2-3-7-14(12)15/h2-8,13H,9-11H2,1H3,(H,19,24)(H,20,22)/t13-/m1/s1. The third kappa shape index (κ3) is 3.37. The first-order valence-corrected chi connectivity index (χ1v) is 7.84. The molecule has 6 heteroatoms. The average Bonchev–Trinajstić information content (AvgIpc) is 2.92. The summed E-state index contributed by atoms with van der Waals surface area (Å²) in [6.07, 6.45) is 0.202. The molecule has 0 aromatic heterocycles. The van der Waals surface area contributed by atoms with Crippen molar-refractivity contribution in [3.8, 4) is 0 Å². The minimum atomic E-state index is -0.382. The number of hydrogen-bond acceptors (Lipinski definition) is 3. The van der Waals surface area contributed by atoms with E-state index in [2.05, 4.69) is 10.6 Å². The summed E-state index contributed by atoms with van der Waals surface area (Å²) >= 11 is 0. The Labute approximate surface area is 139 Å². The smallest absolute Gasteiger partial charge is 0.243 e. The summed E-state index contributed by atoms with van der Waals surface area (Å²) in [5, 5.41) is 7.40. The third-order valence-corrected chi connectivity index (χ3v) is 4.20. The van der Waals surface area contributed by atoms with Gasteiger partial charge in [-0.05, 0) is 11.5 Å². The molecule has 1 atom stereocenters. The highest BCUT2D eigenvalue weighted by Gasteiger charge is 2.32. The van der Waals surface area contributed by atoms with Crippen LogP contribution in [-0.4, -0.2) is 42.8 Å². The predicted octanol–water partition coefficient (Wildman–Crippen LogP) is 1.37. The van der Waals surface area contributed by atoms with Crippen LogP contribution in [0.3, 0.4) is 0 Å². The minimum Gasteiger partial charge on any atom is -0.347 e. The van der Waals surface area contributed by atoms with Gasteiger partial charge in [0.2, 0.25) is 17.7 Å². The zero-order valence-corrected chi connectivity index (χ0v) is 13.4. The second kappa shape index (κ2) is 6.70. The molecule has 1 saturated heterocycles. The lowest BCUT2D eigenvalue weighted by atomic mass is 10.1. The lowest BCUT2D eigenvalue weighted by molar-refractivity contribution is -0.128. The van der Waals surface area contributed by atoms with Crippen LogP contribution >= 0.6 is 0 Å². The van der Waals surface area contributed by atoms with Crippen molar-refractivity contribution in [3.63, 3.8) is 0 Å². The van der Waals surface area contributed by atoms with Crippen molar-refractivity contribution in [2.24, 2.45) is 5.92 Å². The largest absolute Gasteiger partial charge is 0.347 e. The number of rotatable bonds is 4. The molecule has 0 saturated carbocycles. The van der Waals surface area contributed by atoms with Gasteiger partial charge in [-0.2, -0.15) is 0 Å². The van der Waals surface area contributed by atoms with Crippen LogP contribution < -0.4 is 10.6 Å². The van der Waals surface area contributed by atoms with E-state index in [1.165, 1.54) is 4.90 Å². The van der Waals surface area contributed by atoms with Gasteiger partial charge in [0.05, 0.1) is 12.5 Å². The number of carbonyl (C=O) groups excluding carboxylic acids is 3. The first kappa shape index (κ1) is 16.0. The average molecular weight is 325 g/mol. The number of fused-ring (bicyclic) bond motifs is 1. The number of benzene rings is 2. The zero-order chi connectivity index (χ0) is 17.1. The first-order chi connectivity index (χ1) is 11.5. The molecule has 0 bridgehead atoms. The number of carbonyl (C=O) groups is 3. The Bertz CT molecular complexity index is 798. The van der Waals surface area contributed by atoms with Gasteiger partial charge in [0, 0.05) is 31.1 Å². The predicted molar refractivity (Wildman–Crippen MR) is 91.3 cm³/mol. The molecule has 1 heterocycles. The summed E-state index contributed by atoms with van der Waals surface area (Å²) in [5.74, 6) is -0.985. The van der Waals surface area contributed by atoms with Gasteiger partial charge in [-0.1, -0.05) is 36.4 Å². The molecule has 3 rings (SSSR count). The number of nitrogens with one attached hydrogen (secondary N) is 2. The van der Waals surface area contributed by atoms with Crippen LogP contribution in [0, 0.1) is 5.92 Å². The summed E-state index contributed by atoms with van der Waals surface area (Å²) in [6.45, 7) is 0.284. The van der Waals surface area contributed by atoms with Crippen LogP contribution in [0.4, 0.5) is 5.69 Å². The Morgan fingerprint density at radius 2 is 1.92 bits per heavy atom. The summed E-state index contributed by atoms with van der Waals surface area (Å²) < 4.78 is 0. The quantitative estimate of drug-likeness (QED) is 0.891. The minimum absolute atomic E-state index is 0.0460. The van der Waals surface area contributed by atoms with Crippen LogP contribution in [0.1, 0.15) is 6.42 Å². The van der Waals surface area contributed by atoms with Gasteiger partial charge >= 0.3 is 0 Å². The SMILES string of the molecule is CN1C[C@H](C(=O)NCC(=O)Nc2cccc3ccccc23)CC1=O. The number of hydrogen-bond donors (Lipinski definition) is 2. The van der Waals surface area contributed by atoms with Crippen LogP contribution in [0.25, 0.3) is 10.8 Å². The molecule has 0 radical (unpaired) electrons. The number of amides is 3. The van der Waals surface area contributed by atoms with Crippen molar-refractivity contribution in [3.05, 3.63) is 42.5 Å². The third-order valence-electron chi connectivity index (χ3n) is 4.20. The van der Waals surface area contributed by atoms with E-state index in [-0.39, 0.29) is 36.6 Å². The van der Waals surface area contributed by atoms with Gasteiger partial charge in [-0.25, -0.2) is 0 Å². The summed E-state index contributed by atoms with van der Waals surface area (Å²) in [5.41, 5.74) is 0.711. The Kier molecular flexibility index (Phi) is 4.46. The lowest BCUT2D eigenvalue weighted by Crippen LogP contribution is -2.37. The van der Waals surface area contributed by atoms with E-state index in [1.54, 1.807) is 7.05 Å². The van der Waals surface area contributed by atoms with Crippen molar-refractivity contribution in [2.45, 2.75) is 6.42 Å². The Hall–Kier alpha value is -2.89.